The Labute approximate surface area is 241 Å². The van der Waals surface area contributed by atoms with Gasteiger partial charge < -0.3 is 30.8 Å². The first-order valence-electron chi connectivity index (χ1n) is 13.1. The maximum absolute atomic E-state index is 13.2. The van der Waals surface area contributed by atoms with Crippen molar-refractivity contribution in [2.45, 2.75) is 40.0 Å². The molecule has 0 spiro atoms. The molecule has 0 saturated carbocycles. The molecule has 42 heavy (non-hydrogen) atoms. The molecule has 2 aromatic heterocycles. The zero-order chi connectivity index (χ0) is 30.4. The van der Waals surface area contributed by atoms with Gasteiger partial charge in [0.25, 0.3) is 5.91 Å². The molecule has 0 aliphatic rings. The van der Waals surface area contributed by atoms with Crippen LogP contribution in [-0.4, -0.2) is 56.8 Å². The monoisotopic (exact) mass is 576 g/mol. The van der Waals surface area contributed by atoms with Crippen LogP contribution in [0.1, 0.15) is 55.8 Å². The van der Waals surface area contributed by atoms with Crippen molar-refractivity contribution in [3.63, 3.8) is 0 Å². The molecule has 14 heteroatoms. The number of nitrogens with zero attached hydrogens (tertiary/aromatic N) is 4. The Morgan fingerprint density at radius 2 is 1.71 bits per heavy atom. The first-order valence-corrected chi connectivity index (χ1v) is 13.1. The van der Waals surface area contributed by atoms with Crippen LogP contribution in [0.3, 0.4) is 0 Å². The number of nitrogens with two attached hydrogens (primary N) is 2. The van der Waals surface area contributed by atoms with Crippen LogP contribution in [0.4, 0.5) is 10.7 Å². The first kappa shape index (κ1) is 29.6. The number of primary amides is 2. The summed E-state index contributed by atoms with van der Waals surface area (Å²) in [6.45, 7) is 4.76. The van der Waals surface area contributed by atoms with E-state index in [1.807, 2.05) is 6.92 Å². The second-order valence-electron chi connectivity index (χ2n) is 9.36. The topological polar surface area (TPSA) is 198 Å². The maximum Gasteiger partial charge on any atom is 0.407 e. The summed E-state index contributed by atoms with van der Waals surface area (Å²) in [6, 6.07) is 11.1. The van der Waals surface area contributed by atoms with Crippen LogP contribution >= 0.6 is 0 Å². The second kappa shape index (κ2) is 12.8. The number of amides is 4. The molecule has 4 amide bonds. The molecule has 4 aromatic rings. The minimum Gasteiger partial charge on any atom is -0.494 e. The standard InChI is InChI=1S/C28H32N8O6/c1-4-36-21(12-16(2)34-36)26(39)33-27-32-20-13-19(25(30)38)14-22(41-3)23(20)35(27)11-5-10-31-28(40)42-15-17-6-8-18(9-7-17)24(29)37/h6-9,12-14H,4-5,10-11,15H2,1-3H3,(H2,29,37)(H2,30,38)(H,31,40)(H,32,33,39). The van der Waals surface area contributed by atoms with E-state index in [4.69, 9.17) is 20.9 Å². The number of methoxy groups -OCH3 is 1. The largest absolute Gasteiger partial charge is 0.494 e. The maximum atomic E-state index is 13.2. The van der Waals surface area contributed by atoms with Gasteiger partial charge in [-0.15, -0.1) is 0 Å². The summed E-state index contributed by atoms with van der Waals surface area (Å²) in [5, 5.41) is 9.86. The van der Waals surface area contributed by atoms with Gasteiger partial charge in [-0.3, -0.25) is 24.4 Å². The highest BCUT2D eigenvalue weighted by atomic mass is 16.5. The molecule has 0 unspecified atom stereocenters. The second-order valence-corrected chi connectivity index (χ2v) is 9.36. The third kappa shape index (κ3) is 6.66. The Morgan fingerprint density at radius 1 is 1.00 bits per heavy atom. The van der Waals surface area contributed by atoms with Crippen molar-refractivity contribution in [3.05, 3.63) is 70.5 Å². The summed E-state index contributed by atoms with van der Waals surface area (Å²) in [5.41, 5.74) is 14.0. The molecule has 0 atom stereocenters. The molecule has 4 rings (SSSR count). The number of ether oxygens (including phenoxy) is 2. The number of anilines is 1. The highest BCUT2D eigenvalue weighted by Crippen LogP contribution is 2.31. The highest BCUT2D eigenvalue weighted by Gasteiger charge is 2.21. The lowest BCUT2D eigenvalue weighted by atomic mass is 10.1. The average Bonchev–Trinajstić information content (AvgIpc) is 3.53. The lowest BCUT2D eigenvalue weighted by molar-refractivity contribution is 0.0991. The van der Waals surface area contributed by atoms with E-state index in [9.17, 15) is 19.2 Å². The molecule has 220 valence electrons. The fraction of sp³-hybridized carbons (Fsp3) is 0.286. The molecule has 6 N–H and O–H groups in total. The fourth-order valence-corrected chi connectivity index (χ4v) is 4.37. The third-order valence-corrected chi connectivity index (χ3v) is 6.41. The van der Waals surface area contributed by atoms with Gasteiger partial charge in [-0.2, -0.15) is 5.10 Å². The number of alkyl carbamates (subject to hydrolysis) is 1. The van der Waals surface area contributed by atoms with E-state index >= 15 is 0 Å². The van der Waals surface area contributed by atoms with E-state index in [1.54, 1.807) is 46.5 Å². The zero-order valence-electron chi connectivity index (χ0n) is 23.5. The molecular formula is C28H32N8O6. The third-order valence-electron chi connectivity index (χ3n) is 6.41. The number of carbonyl (C=O) groups excluding carboxylic acids is 4. The number of nitrogens with one attached hydrogen (secondary N) is 2. The van der Waals surface area contributed by atoms with Gasteiger partial charge in [-0.25, -0.2) is 9.78 Å². The molecule has 0 saturated heterocycles. The predicted octanol–water partition coefficient (Wildman–Crippen LogP) is 2.34. The van der Waals surface area contributed by atoms with Gasteiger partial charge in [0.2, 0.25) is 17.8 Å². The number of hydrogen-bond acceptors (Lipinski definition) is 8. The van der Waals surface area contributed by atoms with Crippen LogP contribution in [0.2, 0.25) is 0 Å². The van der Waals surface area contributed by atoms with Gasteiger partial charge in [0, 0.05) is 30.8 Å². The van der Waals surface area contributed by atoms with E-state index in [-0.39, 0.29) is 24.7 Å². The van der Waals surface area contributed by atoms with E-state index in [2.05, 4.69) is 20.7 Å². The summed E-state index contributed by atoms with van der Waals surface area (Å²) in [6.07, 6.45) is -0.186. The van der Waals surface area contributed by atoms with Gasteiger partial charge in [0.05, 0.1) is 18.3 Å². The van der Waals surface area contributed by atoms with Gasteiger partial charge in [0.1, 0.15) is 23.6 Å². The van der Waals surface area contributed by atoms with Crippen molar-refractivity contribution in [2.75, 3.05) is 19.0 Å². The van der Waals surface area contributed by atoms with Crippen LogP contribution in [-0.2, 0) is 24.4 Å². The van der Waals surface area contributed by atoms with Crippen molar-refractivity contribution >= 4 is 40.8 Å². The minimum atomic E-state index is -0.649. The van der Waals surface area contributed by atoms with Gasteiger partial charge >= 0.3 is 6.09 Å². The lowest BCUT2D eigenvalue weighted by Crippen LogP contribution is -2.26. The number of aryl methyl sites for hydroxylation is 3. The lowest BCUT2D eigenvalue weighted by Gasteiger charge is -2.13. The van der Waals surface area contributed by atoms with E-state index in [1.165, 1.54) is 19.2 Å². The minimum absolute atomic E-state index is 0.0143. The van der Waals surface area contributed by atoms with E-state index < -0.39 is 23.8 Å². The van der Waals surface area contributed by atoms with Crippen molar-refractivity contribution in [1.82, 2.24) is 24.6 Å². The van der Waals surface area contributed by atoms with E-state index in [0.717, 1.165) is 0 Å². The van der Waals surface area contributed by atoms with Crippen LogP contribution in [0.5, 0.6) is 5.75 Å². The molecule has 14 nitrogen and oxygen atoms in total. The smallest absolute Gasteiger partial charge is 0.407 e. The van der Waals surface area contributed by atoms with E-state index in [0.29, 0.717) is 58.8 Å². The quantitative estimate of drug-likeness (QED) is 0.184. The van der Waals surface area contributed by atoms with Crippen LogP contribution in [0, 0.1) is 6.92 Å². The number of hydrogen-bond donors (Lipinski definition) is 4. The Morgan fingerprint density at radius 3 is 2.36 bits per heavy atom. The number of rotatable bonds is 12. The fourth-order valence-electron chi connectivity index (χ4n) is 4.37. The summed E-state index contributed by atoms with van der Waals surface area (Å²) < 4.78 is 14.1. The number of benzene rings is 2. The first-order chi connectivity index (χ1) is 20.1. The average molecular weight is 577 g/mol. The number of imidazole rings is 1. The summed E-state index contributed by atoms with van der Waals surface area (Å²) >= 11 is 0. The molecule has 0 fully saturated rings. The molecular weight excluding hydrogens is 544 g/mol. The molecule has 2 heterocycles. The van der Waals surface area contributed by atoms with Crippen molar-refractivity contribution < 1.29 is 28.7 Å². The van der Waals surface area contributed by atoms with Crippen LogP contribution in [0.25, 0.3) is 11.0 Å². The Bertz CT molecular complexity index is 1640. The number of fused-ring (bicyclic) bond motifs is 1. The predicted molar refractivity (Wildman–Crippen MR) is 153 cm³/mol. The Balaban J connectivity index is 1.48. The zero-order valence-corrected chi connectivity index (χ0v) is 23.5. The molecule has 0 aliphatic heterocycles. The molecule has 0 radical (unpaired) electrons. The number of carbonyl (C=O) groups is 4. The van der Waals surface area contributed by atoms with Crippen molar-refractivity contribution in [2.24, 2.45) is 11.5 Å². The normalized spacial score (nSPS) is 10.8. The van der Waals surface area contributed by atoms with Gasteiger partial charge in [-0.05, 0) is 56.2 Å². The SMILES string of the molecule is CCn1nc(C)cc1C(=O)Nc1nc2cc(C(N)=O)cc(OC)c2n1CCCNC(=O)OCc1ccc(C(N)=O)cc1. The summed E-state index contributed by atoms with van der Waals surface area (Å²) in [4.78, 5) is 53.1. The Hall–Kier alpha value is -5.40. The van der Waals surface area contributed by atoms with Gasteiger partial charge in [-0.1, -0.05) is 12.1 Å². The molecule has 2 aromatic carbocycles. The van der Waals surface area contributed by atoms with Crippen molar-refractivity contribution in [1.29, 1.82) is 0 Å². The van der Waals surface area contributed by atoms with Crippen LogP contribution < -0.4 is 26.8 Å². The highest BCUT2D eigenvalue weighted by molar-refractivity contribution is 6.04. The summed E-state index contributed by atoms with van der Waals surface area (Å²) in [5.74, 6) is -1.03. The van der Waals surface area contributed by atoms with Crippen LogP contribution in [0.15, 0.2) is 42.5 Å². The Kier molecular flexibility index (Phi) is 9.05. The van der Waals surface area contributed by atoms with Gasteiger partial charge in [0.15, 0.2) is 0 Å². The molecule has 0 aliphatic carbocycles. The summed E-state index contributed by atoms with van der Waals surface area (Å²) in [7, 11) is 1.46. The molecule has 0 bridgehead atoms. The van der Waals surface area contributed by atoms with Crippen molar-refractivity contribution in [3.8, 4) is 5.75 Å². The number of aromatic nitrogens is 4.